The number of carbonyl (C=O) groups is 3. The van der Waals surface area contributed by atoms with E-state index < -0.39 is 6.10 Å². The molecule has 0 fully saturated rings. The number of unbranched alkanes of at least 4 members (excludes halogenated alkanes) is 27. The SMILES string of the molecule is CC/C=C\C/C=C\C/C=C\C/C=C\C/C=C\C/C=C\C/C=C\C/C=C\CCCCCCCCCCC(=O)OCC(COC(=O)CCCCCCC/C=C\CCCCCC)OC(=O)CCCCCCC/C=C\CCCCCCC. The Labute approximate surface area is 482 Å². The van der Waals surface area contributed by atoms with Crippen LogP contribution in [-0.4, -0.2) is 37.2 Å². The van der Waals surface area contributed by atoms with Crippen molar-refractivity contribution in [3.05, 3.63) is 122 Å². The molecule has 1 atom stereocenters. The zero-order valence-corrected chi connectivity index (χ0v) is 50.9. The van der Waals surface area contributed by atoms with Crippen molar-refractivity contribution in [2.75, 3.05) is 13.2 Å². The normalized spacial score (nSPS) is 12.9. The second-order valence-electron chi connectivity index (χ2n) is 21.3. The minimum Gasteiger partial charge on any atom is -0.462 e. The summed E-state index contributed by atoms with van der Waals surface area (Å²) in [6, 6.07) is 0. The van der Waals surface area contributed by atoms with Crippen molar-refractivity contribution in [1.82, 2.24) is 0 Å². The molecule has 0 amide bonds. The highest BCUT2D eigenvalue weighted by molar-refractivity contribution is 5.71. The quantitative estimate of drug-likeness (QED) is 0.0261. The van der Waals surface area contributed by atoms with Gasteiger partial charge < -0.3 is 14.2 Å². The van der Waals surface area contributed by atoms with Gasteiger partial charge in [-0.05, 0) is 135 Å². The summed E-state index contributed by atoms with van der Waals surface area (Å²) in [5.74, 6) is -0.909. The van der Waals surface area contributed by atoms with E-state index in [1.807, 2.05) is 0 Å². The minimum absolute atomic E-state index is 0.0885. The average molecular weight is 1080 g/mol. The van der Waals surface area contributed by atoms with Crippen molar-refractivity contribution in [3.63, 3.8) is 0 Å². The number of ether oxygens (including phenoxy) is 3. The predicted molar refractivity (Wildman–Crippen MR) is 339 cm³/mol. The Morgan fingerprint density at radius 1 is 0.269 bits per heavy atom. The van der Waals surface area contributed by atoms with Crippen LogP contribution in [0.4, 0.5) is 0 Å². The van der Waals surface area contributed by atoms with Crippen LogP contribution in [0.5, 0.6) is 0 Å². The molecule has 6 heteroatoms. The highest BCUT2D eigenvalue weighted by atomic mass is 16.6. The van der Waals surface area contributed by atoms with Gasteiger partial charge in [0.25, 0.3) is 0 Å². The molecule has 0 spiro atoms. The van der Waals surface area contributed by atoms with Crippen LogP contribution < -0.4 is 0 Å². The first-order valence-electron chi connectivity index (χ1n) is 32.5. The molecule has 6 nitrogen and oxygen atoms in total. The summed E-state index contributed by atoms with van der Waals surface area (Å²) in [4.78, 5) is 38.2. The van der Waals surface area contributed by atoms with E-state index in [1.165, 1.54) is 122 Å². The number of hydrogen-bond donors (Lipinski definition) is 0. The second-order valence-corrected chi connectivity index (χ2v) is 21.3. The number of carbonyl (C=O) groups excluding carboxylic acids is 3. The van der Waals surface area contributed by atoms with Crippen molar-refractivity contribution in [1.29, 1.82) is 0 Å². The molecule has 0 saturated heterocycles. The molecule has 0 aliphatic rings. The number of allylic oxidation sites excluding steroid dienone is 20. The Morgan fingerprint density at radius 2 is 0.500 bits per heavy atom. The summed E-state index contributed by atoms with van der Waals surface area (Å²) < 4.78 is 16.9. The van der Waals surface area contributed by atoms with Gasteiger partial charge in [-0.3, -0.25) is 14.4 Å². The standard InChI is InChI=1S/C72H120O6/c1-4-7-10-13-16-19-22-25-27-28-29-30-31-32-33-34-35-36-37-38-39-40-41-42-43-44-45-48-50-53-56-59-62-65-71(74)77-68-69(67-76-70(73)64-61-58-55-52-49-46-24-21-18-15-12-9-6-3)78-72(75)66-63-60-57-54-51-47-26-23-20-17-14-11-8-5-2/h7,10,16,19,21,23-27,29-30,32-33,35-36,38-39,41-42,69H,4-6,8-9,11-15,17-18,20,22,28,31,34,37,40,43-68H2,1-3H3/b10-7-,19-16-,24-21-,26-23-,27-25-,30-29-,33-32-,36-35-,39-38-,42-41-. The summed E-state index contributed by atoms with van der Waals surface area (Å²) in [5.41, 5.74) is 0. The van der Waals surface area contributed by atoms with E-state index >= 15 is 0 Å². The Morgan fingerprint density at radius 3 is 0.808 bits per heavy atom. The molecule has 0 heterocycles. The van der Waals surface area contributed by atoms with Crippen LogP contribution in [0.2, 0.25) is 0 Å². The van der Waals surface area contributed by atoms with E-state index in [4.69, 9.17) is 14.2 Å². The van der Waals surface area contributed by atoms with Gasteiger partial charge in [-0.2, -0.15) is 0 Å². The largest absolute Gasteiger partial charge is 0.462 e. The number of rotatable bonds is 58. The molecule has 0 aliphatic carbocycles. The van der Waals surface area contributed by atoms with Crippen molar-refractivity contribution in [2.45, 2.75) is 303 Å². The molecule has 0 N–H and O–H groups in total. The Hall–Kier alpha value is -4.19. The van der Waals surface area contributed by atoms with Crippen molar-refractivity contribution >= 4 is 17.9 Å². The Kier molecular flexibility index (Phi) is 61.8. The van der Waals surface area contributed by atoms with E-state index in [0.717, 1.165) is 135 Å². The molecule has 0 rings (SSSR count). The van der Waals surface area contributed by atoms with Crippen molar-refractivity contribution in [2.24, 2.45) is 0 Å². The lowest BCUT2D eigenvalue weighted by Crippen LogP contribution is -2.30. The molecular formula is C72H120O6. The topological polar surface area (TPSA) is 78.9 Å². The van der Waals surface area contributed by atoms with Gasteiger partial charge in [0.05, 0.1) is 0 Å². The molecule has 78 heavy (non-hydrogen) atoms. The van der Waals surface area contributed by atoms with E-state index in [-0.39, 0.29) is 31.1 Å². The lowest BCUT2D eigenvalue weighted by molar-refractivity contribution is -0.167. The molecule has 0 aromatic carbocycles. The van der Waals surface area contributed by atoms with Gasteiger partial charge in [0.1, 0.15) is 13.2 Å². The first kappa shape index (κ1) is 73.8. The molecule has 0 aromatic heterocycles. The second kappa shape index (κ2) is 65.3. The average Bonchev–Trinajstić information content (AvgIpc) is 3.44. The van der Waals surface area contributed by atoms with Gasteiger partial charge in [-0.25, -0.2) is 0 Å². The Bertz CT molecular complexity index is 1620. The minimum atomic E-state index is -0.791. The highest BCUT2D eigenvalue weighted by Crippen LogP contribution is 2.15. The first-order chi connectivity index (χ1) is 38.5. The van der Waals surface area contributed by atoms with Crippen LogP contribution in [0, 0.1) is 0 Å². The van der Waals surface area contributed by atoms with Gasteiger partial charge >= 0.3 is 17.9 Å². The molecule has 0 aliphatic heterocycles. The summed E-state index contributed by atoms with van der Waals surface area (Å²) in [6.45, 7) is 6.49. The van der Waals surface area contributed by atoms with Gasteiger partial charge in [0.15, 0.2) is 6.10 Å². The Balaban J connectivity index is 4.26. The molecule has 444 valence electrons. The first-order valence-corrected chi connectivity index (χ1v) is 32.5. The smallest absolute Gasteiger partial charge is 0.306 e. The highest BCUT2D eigenvalue weighted by Gasteiger charge is 2.19. The number of hydrogen-bond acceptors (Lipinski definition) is 6. The molecule has 0 aromatic rings. The zero-order chi connectivity index (χ0) is 56.4. The molecule has 0 saturated carbocycles. The third-order valence-electron chi connectivity index (χ3n) is 13.7. The van der Waals surface area contributed by atoms with Crippen LogP contribution in [0.3, 0.4) is 0 Å². The van der Waals surface area contributed by atoms with Gasteiger partial charge in [0, 0.05) is 19.3 Å². The molecule has 0 bridgehead atoms. The molecular weight excluding hydrogens is 961 g/mol. The van der Waals surface area contributed by atoms with E-state index in [1.54, 1.807) is 0 Å². The summed E-state index contributed by atoms with van der Waals surface area (Å²) in [6.07, 6.45) is 90.6. The van der Waals surface area contributed by atoms with Crippen LogP contribution in [0.25, 0.3) is 0 Å². The predicted octanol–water partition coefficient (Wildman–Crippen LogP) is 22.4. The van der Waals surface area contributed by atoms with Crippen molar-refractivity contribution < 1.29 is 28.6 Å². The van der Waals surface area contributed by atoms with E-state index in [0.29, 0.717) is 19.3 Å². The van der Waals surface area contributed by atoms with Gasteiger partial charge in [-0.1, -0.05) is 264 Å². The van der Waals surface area contributed by atoms with Crippen LogP contribution >= 0.6 is 0 Å². The third-order valence-corrected chi connectivity index (χ3v) is 13.7. The van der Waals surface area contributed by atoms with Crippen molar-refractivity contribution in [3.8, 4) is 0 Å². The maximum Gasteiger partial charge on any atom is 0.306 e. The van der Waals surface area contributed by atoms with E-state index in [9.17, 15) is 14.4 Å². The van der Waals surface area contributed by atoms with E-state index in [2.05, 4.69) is 142 Å². The third kappa shape index (κ3) is 62.7. The van der Waals surface area contributed by atoms with Crippen LogP contribution in [-0.2, 0) is 28.6 Å². The van der Waals surface area contributed by atoms with Crippen LogP contribution in [0.15, 0.2) is 122 Å². The zero-order valence-electron chi connectivity index (χ0n) is 50.9. The maximum atomic E-state index is 12.9. The van der Waals surface area contributed by atoms with Gasteiger partial charge in [-0.15, -0.1) is 0 Å². The van der Waals surface area contributed by atoms with Crippen LogP contribution in [0.1, 0.15) is 297 Å². The molecule has 0 radical (unpaired) electrons. The lowest BCUT2D eigenvalue weighted by atomic mass is 10.1. The fourth-order valence-electron chi connectivity index (χ4n) is 8.80. The summed E-state index contributed by atoms with van der Waals surface area (Å²) >= 11 is 0. The fourth-order valence-corrected chi connectivity index (χ4v) is 8.80. The number of esters is 3. The summed E-state index contributed by atoms with van der Waals surface area (Å²) in [5, 5.41) is 0. The van der Waals surface area contributed by atoms with Gasteiger partial charge in [0.2, 0.25) is 0 Å². The fraction of sp³-hybridized carbons (Fsp3) is 0.681. The monoisotopic (exact) mass is 1080 g/mol. The maximum absolute atomic E-state index is 12.9. The summed E-state index contributed by atoms with van der Waals surface area (Å²) in [7, 11) is 0. The molecule has 1 unspecified atom stereocenters. The lowest BCUT2D eigenvalue weighted by Gasteiger charge is -2.18.